The monoisotopic (exact) mass is 227 g/mol. The van der Waals surface area contributed by atoms with E-state index in [1.165, 1.54) is 12.8 Å². The molecule has 1 aliphatic rings. The normalized spacial score (nSPS) is 23.4. The van der Waals surface area contributed by atoms with Crippen molar-refractivity contribution in [1.82, 2.24) is 9.78 Å². The Hall–Kier alpha value is -1.77. The van der Waals surface area contributed by atoms with Gasteiger partial charge in [-0.3, -0.25) is 0 Å². The Morgan fingerprint density at radius 1 is 1.24 bits per heavy atom. The summed E-state index contributed by atoms with van der Waals surface area (Å²) in [6, 6.07) is 12.1. The van der Waals surface area contributed by atoms with Crippen LogP contribution in [0.5, 0.6) is 0 Å². The van der Waals surface area contributed by atoms with Gasteiger partial charge < -0.3 is 5.73 Å². The molecule has 1 aliphatic carbocycles. The van der Waals surface area contributed by atoms with Gasteiger partial charge in [0.1, 0.15) is 5.82 Å². The molecular weight excluding hydrogens is 210 g/mol. The summed E-state index contributed by atoms with van der Waals surface area (Å²) < 4.78 is 1.83. The second-order valence-corrected chi connectivity index (χ2v) is 5.01. The molecule has 3 nitrogen and oxygen atoms in total. The molecular formula is C14H17N3. The predicted octanol–water partition coefficient (Wildman–Crippen LogP) is 2.97. The number of nitrogens with two attached hydrogens (primary N) is 1. The van der Waals surface area contributed by atoms with Crippen molar-refractivity contribution in [1.29, 1.82) is 0 Å². The highest BCUT2D eigenvalue weighted by Crippen LogP contribution is 2.41. The topological polar surface area (TPSA) is 43.8 Å². The number of benzene rings is 1. The molecule has 0 aliphatic heterocycles. The number of hydrogen-bond donors (Lipinski definition) is 1. The quantitative estimate of drug-likeness (QED) is 0.857. The first kappa shape index (κ1) is 10.4. The third-order valence-corrected chi connectivity index (χ3v) is 3.55. The van der Waals surface area contributed by atoms with Crippen molar-refractivity contribution in [2.45, 2.75) is 25.7 Å². The first-order chi connectivity index (χ1) is 8.24. The lowest BCUT2D eigenvalue weighted by Crippen LogP contribution is -2.19. The van der Waals surface area contributed by atoms with Gasteiger partial charge in [-0.1, -0.05) is 25.1 Å². The maximum atomic E-state index is 6.03. The van der Waals surface area contributed by atoms with Crippen LogP contribution in [0.4, 0.5) is 5.82 Å². The van der Waals surface area contributed by atoms with Crippen molar-refractivity contribution in [2.75, 3.05) is 5.73 Å². The fourth-order valence-corrected chi connectivity index (χ4v) is 2.53. The van der Waals surface area contributed by atoms with E-state index >= 15 is 0 Å². The Morgan fingerprint density at radius 3 is 2.59 bits per heavy atom. The summed E-state index contributed by atoms with van der Waals surface area (Å²) in [5, 5.41) is 4.63. The van der Waals surface area contributed by atoms with Crippen molar-refractivity contribution in [3.05, 3.63) is 42.1 Å². The summed E-state index contributed by atoms with van der Waals surface area (Å²) in [5.74, 6) is 2.17. The van der Waals surface area contributed by atoms with Crippen molar-refractivity contribution in [2.24, 2.45) is 5.92 Å². The van der Waals surface area contributed by atoms with E-state index in [-0.39, 0.29) is 0 Å². The second-order valence-electron chi connectivity index (χ2n) is 5.01. The Morgan fingerprint density at radius 2 is 1.94 bits per heavy atom. The first-order valence-electron chi connectivity index (χ1n) is 6.15. The van der Waals surface area contributed by atoms with Gasteiger partial charge in [-0.25, -0.2) is 4.68 Å². The first-order valence-corrected chi connectivity index (χ1v) is 6.15. The van der Waals surface area contributed by atoms with E-state index in [1.807, 2.05) is 41.1 Å². The summed E-state index contributed by atoms with van der Waals surface area (Å²) in [6.07, 6.45) is 2.48. The van der Waals surface area contributed by atoms with Crippen LogP contribution < -0.4 is 5.73 Å². The number of aromatic nitrogens is 2. The fraction of sp³-hybridized carbons (Fsp3) is 0.357. The molecule has 1 fully saturated rings. The minimum Gasteiger partial charge on any atom is -0.384 e. The summed E-state index contributed by atoms with van der Waals surface area (Å²) in [7, 11) is 0. The number of rotatable bonds is 2. The van der Waals surface area contributed by atoms with Crippen LogP contribution in [-0.2, 0) is 0 Å². The van der Waals surface area contributed by atoms with Crippen LogP contribution in [0.3, 0.4) is 0 Å². The third kappa shape index (κ3) is 1.82. The zero-order chi connectivity index (χ0) is 11.8. The molecule has 0 spiro atoms. The molecule has 0 amide bonds. The second kappa shape index (κ2) is 3.91. The smallest absolute Gasteiger partial charge is 0.127 e. The van der Waals surface area contributed by atoms with E-state index in [1.54, 1.807) is 0 Å². The Bertz CT molecular complexity index is 510. The van der Waals surface area contributed by atoms with Crippen molar-refractivity contribution in [3.63, 3.8) is 0 Å². The van der Waals surface area contributed by atoms with Gasteiger partial charge >= 0.3 is 0 Å². The van der Waals surface area contributed by atoms with Crippen LogP contribution in [0.1, 0.15) is 31.4 Å². The predicted molar refractivity (Wildman–Crippen MR) is 69.1 cm³/mol. The van der Waals surface area contributed by atoms with Gasteiger partial charge in [-0.2, -0.15) is 5.10 Å². The van der Waals surface area contributed by atoms with E-state index in [0.29, 0.717) is 5.92 Å². The maximum Gasteiger partial charge on any atom is 0.127 e. The molecule has 0 radical (unpaired) electrons. The largest absolute Gasteiger partial charge is 0.384 e. The number of nitrogen functional groups attached to an aromatic ring is 1. The van der Waals surface area contributed by atoms with Gasteiger partial charge in [0.2, 0.25) is 0 Å². The SMILES string of the molecule is C[C@H]1C[C@H](c2cc(N)n(-c3ccccc3)n2)C1. The van der Waals surface area contributed by atoms with Crippen molar-refractivity contribution < 1.29 is 0 Å². The van der Waals surface area contributed by atoms with Crippen molar-refractivity contribution in [3.8, 4) is 5.69 Å². The number of para-hydroxylation sites is 1. The Balaban J connectivity index is 1.91. The highest BCUT2D eigenvalue weighted by atomic mass is 15.3. The fourth-order valence-electron chi connectivity index (χ4n) is 2.53. The van der Waals surface area contributed by atoms with Crippen LogP contribution in [0.25, 0.3) is 5.69 Å². The molecule has 0 saturated heterocycles. The zero-order valence-electron chi connectivity index (χ0n) is 10.0. The molecule has 1 aromatic carbocycles. The lowest BCUT2D eigenvalue weighted by molar-refractivity contribution is 0.283. The molecule has 2 aromatic rings. The van der Waals surface area contributed by atoms with Crippen LogP contribution in [0.15, 0.2) is 36.4 Å². The highest BCUT2D eigenvalue weighted by Gasteiger charge is 2.29. The summed E-state index contributed by atoms with van der Waals surface area (Å²) >= 11 is 0. The molecule has 1 saturated carbocycles. The molecule has 3 heteroatoms. The molecule has 1 aromatic heterocycles. The number of anilines is 1. The van der Waals surface area contributed by atoms with Gasteiger partial charge in [0.15, 0.2) is 0 Å². The van der Waals surface area contributed by atoms with E-state index in [4.69, 9.17) is 5.73 Å². The molecule has 0 unspecified atom stereocenters. The molecule has 0 bridgehead atoms. The van der Waals surface area contributed by atoms with Crippen LogP contribution in [0, 0.1) is 5.92 Å². The lowest BCUT2D eigenvalue weighted by Gasteiger charge is -2.31. The average Bonchev–Trinajstić information content (AvgIpc) is 2.68. The van der Waals surface area contributed by atoms with Gasteiger partial charge in [-0.05, 0) is 30.9 Å². The Kier molecular flexibility index (Phi) is 2.39. The van der Waals surface area contributed by atoms with E-state index in [9.17, 15) is 0 Å². The van der Waals surface area contributed by atoms with Gasteiger partial charge in [0, 0.05) is 12.0 Å². The molecule has 0 atom stereocenters. The van der Waals surface area contributed by atoms with Crippen LogP contribution in [0.2, 0.25) is 0 Å². The number of nitrogens with zero attached hydrogens (tertiary/aromatic N) is 2. The molecule has 88 valence electrons. The van der Waals surface area contributed by atoms with E-state index in [2.05, 4.69) is 12.0 Å². The van der Waals surface area contributed by atoms with E-state index in [0.717, 1.165) is 23.1 Å². The lowest BCUT2D eigenvalue weighted by atomic mass is 9.74. The number of hydrogen-bond acceptors (Lipinski definition) is 2. The van der Waals surface area contributed by atoms with Crippen LogP contribution >= 0.6 is 0 Å². The van der Waals surface area contributed by atoms with Gasteiger partial charge in [0.25, 0.3) is 0 Å². The van der Waals surface area contributed by atoms with Gasteiger partial charge in [0.05, 0.1) is 11.4 Å². The standard InChI is InChI=1S/C14H17N3/c1-10-7-11(8-10)13-9-14(15)17(16-13)12-5-3-2-4-6-12/h2-6,9-11H,7-8,15H2,1H3/t10-,11-. The average molecular weight is 227 g/mol. The summed E-state index contributed by atoms with van der Waals surface area (Å²) in [4.78, 5) is 0. The summed E-state index contributed by atoms with van der Waals surface area (Å²) in [6.45, 7) is 2.29. The van der Waals surface area contributed by atoms with Gasteiger partial charge in [-0.15, -0.1) is 0 Å². The molecule has 3 rings (SSSR count). The molecule has 2 N–H and O–H groups in total. The van der Waals surface area contributed by atoms with E-state index < -0.39 is 0 Å². The van der Waals surface area contributed by atoms with Crippen molar-refractivity contribution >= 4 is 5.82 Å². The maximum absolute atomic E-state index is 6.03. The molecule has 1 heterocycles. The van der Waals surface area contributed by atoms with Crippen LogP contribution in [-0.4, -0.2) is 9.78 Å². The summed E-state index contributed by atoms with van der Waals surface area (Å²) in [5.41, 5.74) is 8.20. The Labute approximate surface area is 101 Å². The zero-order valence-corrected chi connectivity index (χ0v) is 10.0. The molecule has 17 heavy (non-hydrogen) atoms. The highest BCUT2D eigenvalue weighted by molar-refractivity contribution is 5.43. The third-order valence-electron chi connectivity index (χ3n) is 3.55. The minimum absolute atomic E-state index is 0.609. The minimum atomic E-state index is 0.609.